The maximum Gasteiger partial charge on any atom is 0.239 e. The molecule has 1 aromatic rings. The molecule has 0 aromatic heterocycles. The van der Waals surface area contributed by atoms with Crippen LogP contribution in [0.25, 0.3) is 0 Å². The Morgan fingerprint density at radius 1 is 1.60 bits per heavy atom. The molecule has 1 heterocycles. The van der Waals surface area contributed by atoms with Gasteiger partial charge >= 0.3 is 0 Å². The van der Waals surface area contributed by atoms with Gasteiger partial charge in [0.05, 0.1) is 0 Å². The summed E-state index contributed by atoms with van der Waals surface area (Å²) in [7, 11) is 1.89. The predicted octanol–water partition coefficient (Wildman–Crippen LogP) is 1.35. The molecule has 1 atom stereocenters. The molecule has 1 aliphatic heterocycles. The molecule has 0 spiro atoms. The zero-order valence-electron chi connectivity index (χ0n) is 8.53. The third-order valence-corrected chi connectivity index (χ3v) is 3.19. The number of hydrogen-bond acceptors (Lipinski definition) is 2. The Bertz CT molecular complexity index is 406. The minimum absolute atomic E-state index is 0.341. The standard InChI is InChI=1S/C11H13ClN2O/c1-14-6-5-7-3-2-4-8(12)9(7)10(14)11(13)15/h2-4,10H,5-6H2,1H3,(H2,13,15). The van der Waals surface area contributed by atoms with Crippen molar-refractivity contribution in [3.63, 3.8) is 0 Å². The van der Waals surface area contributed by atoms with Gasteiger partial charge in [-0.05, 0) is 25.1 Å². The van der Waals surface area contributed by atoms with E-state index in [0.29, 0.717) is 5.02 Å². The highest BCUT2D eigenvalue weighted by atomic mass is 35.5. The van der Waals surface area contributed by atoms with Gasteiger partial charge in [-0.3, -0.25) is 9.69 Å². The van der Waals surface area contributed by atoms with Gasteiger partial charge in [-0.2, -0.15) is 0 Å². The van der Waals surface area contributed by atoms with Crippen LogP contribution < -0.4 is 5.73 Å². The second kappa shape index (κ2) is 3.83. The Morgan fingerprint density at radius 3 is 3.00 bits per heavy atom. The number of carbonyl (C=O) groups is 1. The molecule has 0 bridgehead atoms. The number of nitrogens with zero attached hydrogens (tertiary/aromatic N) is 1. The number of halogens is 1. The van der Waals surface area contributed by atoms with E-state index in [0.717, 1.165) is 24.1 Å². The van der Waals surface area contributed by atoms with Crippen LogP contribution in [0.5, 0.6) is 0 Å². The Labute approximate surface area is 93.8 Å². The molecule has 0 fully saturated rings. The smallest absolute Gasteiger partial charge is 0.239 e. The quantitative estimate of drug-likeness (QED) is 0.783. The van der Waals surface area contributed by atoms with Crippen LogP contribution in [0.1, 0.15) is 17.2 Å². The van der Waals surface area contributed by atoms with Crippen LogP contribution in [-0.2, 0) is 11.2 Å². The number of rotatable bonds is 1. The molecular formula is C11H13ClN2O. The number of fused-ring (bicyclic) bond motifs is 1. The van der Waals surface area contributed by atoms with Crippen LogP contribution in [0.15, 0.2) is 18.2 Å². The molecule has 2 rings (SSSR count). The molecule has 0 radical (unpaired) electrons. The first-order valence-corrected chi connectivity index (χ1v) is 5.26. The highest BCUT2D eigenvalue weighted by molar-refractivity contribution is 6.31. The summed E-state index contributed by atoms with van der Waals surface area (Å²) in [5.74, 6) is -0.341. The first-order chi connectivity index (χ1) is 7.11. The first kappa shape index (κ1) is 10.5. The van der Waals surface area contributed by atoms with Crippen molar-refractivity contribution in [1.82, 2.24) is 4.90 Å². The van der Waals surface area contributed by atoms with Crippen molar-refractivity contribution in [2.75, 3.05) is 13.6 Å². The average molecular weight is 225 g/mol. The highest BCUT2D eigenvalue weighted by Crippen LogP contribution is 2.33. The molecule has 3 nitrogen and oxygen atoms in total. The third-order valence-electron chi connectivity index (χ3n) is 2.86. The van der Waals surface area contributed by atoms with Crippen LogP contribution in [-0.4, -0.2) is 24.4 Å². The molecule has 1 aliphatic rings. The molecule has 0 saturated heterocycles. The third kappa shape index (κ3) is 1.73. The summed E-state index contributed by atoms with van der Waals surface area (Å²) in [4.78, 5) is 13.3. The molecular weight excluding hydrogens is 212 g/mol. The largest absolute Gasteiger partial charge is 0.368 e. The van der Waals surface area contributed by atoms with Gasteiger partial charge in [-0.1, -0.05) is 23.7 Å². The van der Waals surface area contributed by atoms with Crippen LogP contribution in [0.4, 0.5) is 0 Å². The maximum atomic E-state index is 11.4. The van der Waals surface area contributed by atoms with E-state index in [4.69, 9.17) is 17.3 Å². The summed E-state index contributed by atoms with van der Waals surface area (Å²) in [6, 6.07) is 5.33. The van der Waals surface area contributed by atoms with E-state index in [2.05, 4.69) is 0 Å². The van der Waals surface area contributed by atoms with Gasteiger partial charge in [0.25, 0.3) is 0 Å². The van der Waals surface area contributed by atoms with Crippen molar-refractivity contribution in [3.8, 4) is 0 Å². The summed E-state index contributed by atoms with van der Waals surface area (Å²) in [5, 5.41) is 0.628. The van der Waals surface area contributed by atoms with Crippen molar-refractivity contribution in [2.24, 2.45) is 5.73 Å². The van der Waals surface area contributed by atoms with Crippen LogP contribution >= 0.6 is 11.6 Å². The lowest BCUT2D eigenvalue weighted by Crippen LogP contribution is -2.40. The van der Waals surface area contributed by atoms with E-state index in [9.17, 15) is 4.79 Å². The Hall–Kier alpha value is -1.06. The molecule has 1 amide bonds. The Kier molecular flexibility index (Phi) is 2.67. The van der Waals surface area contributed by atoms with Crippen LogP contribution in [0.2, 0.25) is 5.02 Å². The number of likely N-dealkylation sites (N-methyl/N-ethyl adjacent to an activating group) is 1. The summed E-state index contributed by atoms with van der Waals surface area (Å²) in [5.41, 5.74) is 7.41. The van der Waals surface area contributed by atoms with Crippen molar-refractivity contribution in [1.29, 1.82) is 0 Å². The fourth-order valence-corrected chi connectivity index (χ4v) is 2.41. The van der Waals surface area contributed by atoms with Crippen LogP contribution in [0.3, 0.4) is 0 Å². The number of amides is 1. The van der Waals surface area contributed by atoms with E-state index in [1.54, 1.807) is 6.07 Å². The second-order valence-corrected chi connectivity index (χ2v) is 4.26. The SMILES string of the molecule is CN1CCc2cccc(Cl)c2C1C(N)=O. The fourth-order valence-electron chi connectivity index (χ4n) is 2.11. The van der Waals surface area contributed by atoms with Crippen LogP contribution in [0, 0.1) is 0 Å². The maximum absolute atomic E-state index is 11.4. The zero-order valence-corrected chi connectivity index (χ0v) is 9.29. The molecule has 0 saturated carbocycles. The molecule has 0 aliphatic carbocycles. The summed E-state index contributed by atoms with van der Waals surface area (Å²) < 4.78 is 0. The summed E-state index contributed by atoms with van der Waals surface area (Å²) >= 11 is 6.11. The minimum Gasteiger partial charge on any atom is -0.368 e. The van der Waals surface area contributed by atoms with Gasteiger partial charge in [0, 0.05) is 17.1 Å². The monoisotopic (exact) mass is 224 g/mol. The average Bonchev–Trinajstić information content (AvgIpc) is 2.18. The number of carbonyl (C=O) groups excluding carboxylic acids is 1. The van der Waals surface area contributed by atoms with E-state index < -0.39 is 0 Å². The van der Waals surface area contributed by atoms with Gasteiger partial charge in [0.15, 0.2) is 0 Å². The van der Waals surface area contributed by atoms with Gasteiger partial charge in [-0.25, -0.2) is 0 Å². The second-order valence-electron chi connectivity index (χ2n) is 3.85. The molecule has 80 valence electrons. The topological polar surface area (TPSA) is 46.3 Å². The van der Waals surface area contributed by atoms with E-state index in [-0.39, 0.29) is 11.9 Å². The van der Waals surface area contributed by atoms with Crippen molar-refractivity contribution >= 4 is 17.5 Å². The van der Waals surface area contributed by atoms with Gasteiger partial charge < -0.3 is 5.73 Å². The lowest BCUT2D eigenvalue weighted by Gasteiger charge is -2.32. The van der Waals surface area contributed by atoms with Crippen molar-refractivity contribution < 1.29 is 4.79 Å². The predicted molar refractivity (Wildman–Crippen MR) is 59.7 cm³/mol. The summed E-state index contributed by atoms with van der Waals surface area (Å²) in [6.45, 7) is 0.834. The van der Waals surface area contributed by atoms with E-state index in [1.807, 2.05) is 24.1 Å². The van der Waals surface area contributed by atoms with Gasteiger partial charge in [0.2, 0.25) is 5.91 Å². The Balaban J connectivity index is 2.55. The minimum atomic E-state index is -0.387. The normalized spacial score (nSPS) is 21.1. The first-order valence-electron chi connectivity index (χ1n) is 4.88. The lowest BCUT2D eigenvalue weighted by atomic mass is 9.92. The van der Waals surface area contributed by atoms with Gasteiger partial charge in [-0.15, -0.1) is 0 Å². The summed E-state index contributed by atoms with van der Waals surface area (Å²) in [6.07, 6.45) is 0.913. The molecule has 1 unspecified atom stereocenters. The number of hydrogen-bond donors (Lipinski definition) is 1. The highest BCUT2D eigenvalue weighted by Gasteiger charge is 2.30. The number of nitrogens with two attached hydrogens (primary N) is 1. The fraction of sp³-hybridized carbons (Fsp3) is 0.364. The van der Waals surface area contributed by atoms with E-state index in [1.165, 1.54) is 0 Å². The Morgan fingerprint density at radius 2 is 2.33 bits per heavy atom. The lowest BCUT2D eigenvalue weighted by molar-refractivity contribution is -0.123. The molecule has 1 aromatic carbocycles. The van der Waals surface area contributed by atoms with Crippen molar-refractivity contribution in [2.45, 2.75) is 12.5 Å². The molecule has 2 N–H and O–H groups in total. The van der Waals surface area contributed by atoms with Crippen molar-refractivity contribution in [3.05, 3.63) is 34.3 Å². The molecule has 4 heteroatoms. The number of primary amides is 1. The zero-order chi connectivity index (χ0) is 11.0. The molecule has 15 heavy (non-hydrogen) atoms. The number of benzene rings is 1. The van der Waals surface area contributed by atoms with E-state index >= 15 is 0 Å². The van der Waals surface area contributed by atoms with Gasteiger partial charge in [0.1, 0.15) is 6.04 Å².